The number of amides is 1. The first-order valence-corrected chi connectivity index (χ1v) is 11.3. The molecule has 0 saturated carbocycles. The molecule has 2 aliphatic rings. The van der Waals surface area contributed by atoms with Crippen molar-refractivity contribution in [1.82, 2.24) is 9.97 Å². The van der Waals surface area contributed by atoms with Crippen LogP contribution in [0.4, 0.5) is 20.8 Å². The van der Waals surface area contributed by atoms with Crippen molar-refractivity contribution in [2.45, 2.75) is 24.4 Å². The lowest BCUT2D eigenvalue weighted by Crippen LogP contribution is -2.38. The van der Waals surface area contributed by atoms with Crippen LogP contribution in [0.25, 0.3) is 11.3 Å². The van der Waals surface area contributed by atoms with Crippen LogP contribution >= 0.6 is 0 Å². The average molecular weight is 494 g/mol. The van der Waals surface area contributed by atoms with Crippen molar-refractivity contribution in [3.8, 4) is 11.3 Å². The molecule has 2 fully saturated rings. The number of carbonyl (C=O) groups excluding carboxylic acids is 2. The van der Waals surface area contributed by atoms with Crippen LogP contribution in [0.3, 0.4) is 0 Å². The van der Waals surface area contributed by atoms with E-state index in [0.717, 1.165) is 0 Å². The Morgan fingerprint density at radius 3 is 2.72 bits per heavy atom. The van der Waals surface area contributed by atoms with Crippen LogP contribution in [0.5, 0.6) is 0 Å². The maximum atomic E-state index is 13.6. The second-order valence-electron chi connectivity index (χ2n) is 8.23. The molecule has 5 rings (SSSR count). The molecule has 1 amide bonds. The quantitative estimate of drug-likeness (QED) is 0.498. The number of esters is 1. The topological polar surface area (TPSA) is 121 Å². The molecule has 3 aromatic rings. The standard InChI is InChI=1S/C25H23FN4O6/c1-33-23(31)16-7-2-3-8-18(16)30-25(32)36-20-13-35-21-19(12-34-22(20)21)29-24-27-10-9-17(28-24)14-5-4-6-15(26)11-14/h2-11,19-22H,12-13H2,1H3,(H,30,32)(H,27,28,29)/t19-,20+,21+,22+/m0/s1. The van der Waals surface area contributed by atoms with Gasteiger partial charge in [-0.25, -0.2) is 23.9 Å². The highest BCUT2D eigenvalue weighted by Crippen LogP contribution is 2.31. The van der Waals surface area contributed by atoms with E-state index in [4.69, 9.17) is 18.9 Å². The molecule has 2 aromatic carbocycles. The molecule has 2 aliphatic heterocycles. The lowest BCUT2D eigenvalue weighted by Gasteiger charge is -2.18. The fourth-order valence-electron chi connectivity index (χ4n) is 4.25. The number of aromatic nitrogens is 2. The smallest absolute Gasteiger partial charge is 0.412 e. The normalized spacial score (nSPS) is 22.5. The van der Waals surface area contributed by atoms with Crippen LogP contribution in [0, 0.1) is 5.82 Å². The third-order valence-electron chi connectivity index (χ3n) is 5.93. The van der Waals surface area contributed by atoms with Gasteiger partial charge in [-0.15, -0.1) is 0 Å². The zero-order valence-corrected chi connectivity index (χ0v) is 19.2. The summed E-state index contributed by atoms with van der Waals surface area (Å²) in [6, 6.07) is 14.0. The second-order valence-corrected chi connectivity index (χ2v) is 8.23. The van der Waals surface area contributed by atoms with E-state index in [2.05, 4.69) is 20.6 Å². The van der Waals surface area contributed by atoms with Gasteiger partial charge in [0.1, 0.15) is 18.0 Å². The Morgan fingerprint density at radius 2 is 1.89 bits per heavy atom. The Bertz CT molecular complexity index is 1270. The number of benzene rings is 2. The molecule has 2 saturated heterocycles. The van der Waals surface area contributed by atoms with E-state index in [-0.39, 0.29) is 36.3 Å². The number of carbonyl (C=O) groups is 2. The van der Waals surface area contributed by atoms with Crippen LogP contribution in [0.2, 0.25) is 0 Å². The van der Waals surface area contributed by atoms with Gasteiger partial charge in [0.05, 0.1) is 43.3 Å². The molecular formula is C25H23FN4O6. The Morgan fingerprint density at radius 1 is 1.06 bits per heavy atom. The highest BCUT2D eigenvalue weighted by atomic mass is 19.1. The molecule has 0 spiro atoms. The molecular weight excluding hydrogens is 471 g/mol. The first-order chi connectivity index (χ1) is 17.5. The van der Waals surface area contributed by atoms with E-state index in [0.29, 0.717) is 17.2 Å². The van der Waals surface area contributed by atoms with Crippen molar-refractivity contribution in [2.24, 2.45) is 0 Å². The Balaban J connectivity index is 1.20. The number of para-hydroxylation sites is 1. The Labute approximate surface area is 205 Å². The molecule has 11 heteroatoms. The third-order valence-corrected chi connectivity index (χ3v) is 5.93. The maximum Gasteiger partial charge on any atom is 0.412 e. The molecule has 3 heterocycles. The van der Waals surface area contributed by atoms with Crippen LogP contribution in [0.15, 0.2) is 60.8 Å². The summed E-state index contributed by atoms with van der Waals surface area (Å²) in [4.78, 5) is 33.2. The van der Waals surface area contributed by atoms with Crippen LogP contribution in [-0.4, -0.2) is 66.7 Å². The highest BCUT2D eigenvalue weighted by Gasteiger charge is 2.49. The van der Waals surface area contributed by atoms with Crippen LogP contribution in [-0.2, 0) is 18.9 Å². The zero-order valence-electron chi connectivity index (χ0n) is 19.2. The summed E-state index contributed by atoms with van der Waals surface area (Å²) < 4.78 is 35.6. The van der Waals surface area contributed by atoms with Crippen molar-refractivity contribution in [2.75, 3.05) is 31.0 Å². The number of halogens is 1. The minimum Gasteiger partial charge on any atom is -0.465 e. The highest BCUT2D eigenvalue weighted by molar-refractivity contribution is 5.99. The van der Waals surface area contributed by atoms with E-state index in [1.807, 2.05) is 0 Å². The van der Waals surface area contributed by atoms with Gasteiger partial charge in [0, 0.05) is 11.8 Å². The van der Waals surface area contributed by atoms with Crippen molar-refractivity contribution in [1.29, 1.82) is 0 Å². The molecule has 2 N–H and O–H groups in total. The number of fused-ring (bicyclic) bond motifs is 1. The first-order valence-electron chi connectivity index (χ1n) is 11.3. The number of nitrogens with one attached hydrogen (secondary N) is 2. The van der Waals surface area contributed by atoms with E-state index in [9.17, 15) is 14.0 Å². The van der Waals surface area contributed by atoms with Gasteiger partial charge in [0.2, 0.25) is 5.95 Å². The van der Waals surface area contributed by atoms with Gasteiger partial charge in [0.15, 0.2) is 6.10 Å². The SMILES string of the molecule is COC(=O)c1ccccc1NC(=O)O[C@@H]1CO[C@H]2[C@@H]1OC[C@@H]2Nc1nccc(-c2cccc(F)c2)n1. The number of ether oxygens (including phenoxy) is 4. The van der Waals surface area contributed by atoms with Gasteiger partial charge in [-0.3, -0.25) is 5.32 Å². The summed E-state index contributed by atoms with van der Waals surface area (Å²) in [7, 11) is 1.26. The van der Waals surface area contributed by atoms with Crippen LogP contribution in [0.1, 0.15) is 10.4 Å². The minimum absolute atomic E-state index is 0.143. The van der Waals surface area contributed by atoms with Crippen molar-refractivity contribution in [3.05, 3.63) is 72.2 Å². The number of anilines is 2. The summed E-state index contributed by atoms with van der Waals surface area (Å²) in [6.07, 6.45) is -0.693. The van der Waals surface area contributed by atoms with Crippen LogP contribution < -0.4 is 10.6 Å². The predicted molar refractivity (Wildman–Crippen MR) is 126 cm³/mol. The summed E-state index contributed by atoms with van der Waals surface area (Å²) in [5.41, 5.74) is 1.68. The fraction of sp³-hybridized carbons (Fsp3) is 0.280. The largest absolute Gasteiger partial charge is 0.465 e. The maximum absolute atomic E-state index is 13.6. The van der Waals surface area contributed by atoms with E-state index >= 15 is 0 Å². The summed E-state index contributed by atoms with van der Waals surface area (Å²) in [5, 5.41) is 5.78. The molecule has 0 radical (unpaired) electrons. The molecule has 1 aromatic heterocycles. The molecule has 0 unspecified atom stereocenters. The summed E-state index contributed by atoms with van der Waals surface area (Å²) in [5.74, 6) is -0.584. The molecule has 0 bridgehead atoms. The van der Waals surface area contributed by atoms with Gasteiger partial charge in [-0.2, -0.15) is 0 Å². The van der Waals surface area contributed by atoms with Gasteiger partial charge < -0.3 is 24.3 Å². The fourth-order valence-corrected chi connectivity index (χ4v) is 4.25. The van der Waals surface area contributed by atoms with E-state index < -0.39 is 30.4 Å². The first kappa shape index (κ1) is 23.6. The van der Waals surface area contributed by atoms with Gasteiger partial charge in [-0.1, -0.05) is 24.3 Å². The predicted octanol–water partition coefficient (Wildman–Crippen LogP) is 3.26. The van der Waals surface area contributed by atoms with Crippen molar-refractivity contribution >= 4 is 23.7 Å². The zero-order chi connectivity index (χ0) is 25.1. The minimum atomic E-state index is -0.744. The lowest BCUT2D eigenvalue weighted by atomic mass is 10.1. The number of rotatable bonds is 6. The molecule has 4 atom stereocenters. The summed E-state index contributed by atoms with van der Waals surface area (Å²) >= 11 is 0. The van der Waals surface area contributed by atoms with Crippen molar-refractivity contribution < 1.29 is 32.9 Å². The van der Waals surface area contributed by atoms with E-state index in [1.54, 1.807) is 42.6 Å². The molecule has 10 nitrogen and oxygen atoms in total. The van der Waals surface area contributed by atoms with Gasteiger partial charge >= 0.3 is 12.1 Å². The van der Waals surface area contributed by atoms with Gasteiger partial charge in [-0.05, 0) is 30.3 Å². The Hall–Kier alpha value is -4.09. The monoisotopic (exact) mass is 494 g/mol. The Kier molecular flexibility index (Phi) is 6.74. The van der Waals surface area contributed by atoms with Gasteiger partial charge in [0.25, 0.3) is 0 Å². The molecule has 186 valence electrons. The third kappa shape index (κ3) is 4.97. The lowest BCUT2D eigenvalue weighted by molar-refractivity contribution is 0.00916. The number of methoxy groups -OCH3 is 1. The average Bonchev–Trinajstić information content (AvgIpc) is 3.47. The molecule has 36 heavy (non-hydrogen) atoms. The molecule has 0 aliphatic carbocycles. The number of nitrogens with zero attached hydrogens (tertiary/aromatic N) is 2. The van der Waals surface area contributed by atoms with Crippen molar-refractivity contribution in [3.63, 3.8) is 0 Å². The second kappa shape index (κ2) is 10.3. The summed E-state index contributed by atoms with van der Waals surface area (Å²) in [6.45, 7) is 0.430. The van der Waals surface area contributed by atoms with E-state index in [1.165, 1.54) is 25.3 Å². The number of hydrogen-bond donors (Lipinski definition) is 2. The number of hydrogen-bond acceptors (Lipinski definition) is 9.